The van der Waals surface area contributed by atoms with Gasteiger partial charge in [-0.3, -0.25) is 13.9 Å². The van der Waals surface area contributed by atoms with Crippen LogP contribution >= 0.6 is 0 Å². The summed E-state index contributed by atoms with van der Waals surface area (Å²) in [5.74, 6) is -0.411. The van der Waals surface area contributed by atoms with Gasteiger partial charge in [0.05, 0.1) is 10.6 Å². The van der Waals surface area contributed by atoms with Crippen LogP contribution in [0.5, 0.6) is 0 Å². The van der Waals surface area contributed by atoms with E-state index < -0.39 is 28.5 Å². The third kappa shape index (κ3) is 8.19. The molecule has 0 spiro atoms. The van der Waals surface area contributed by atoms with Crippen molar-refractivity contribution in [1.29, 1.82) is 0 Å². The third-order valence-electron chi connectivity index (χ3n) is 7.28. The molecule has 0 saturated carbocycles. The SMILES string of the molecule is CCCCNC(=O)[C@H](CC)N(Cc1ccccc1C)C(=O)CN(c1ccc(C(C)C)cc1)S(=O)(=O)c1ccccc1. The number of hydrogen-bond acceptors (Lipinski definition) is 4. The van der Waals surface area contributed by atoms with Crippen LogP contribution < -0.4 is 9.62 Å². The average molecular weight is 578 g/mol. The van der Waals surface area contributed by atoms with Gasteiger partial charge in [0.1, 0.15) is 12.6 Å². The van der Waals surface area contributed by atoms with Crippen molar-refractivity contribution in [1.82, 2.24) is 10.2 Å². The van der Waals surface area contributed by atoms with Crippen molar-refractivity contribution in [2.45, 2.75) is 77.3 Å². The molecule has 0 radical (unpaired) electrons. The maximum atomic E-state index is 14.2. The number of nitrogens with one attached hydrogen (secondary N) is 1. The Morgan fingerprint density at radius 1 is 0.878 bits per heavy atom. The molecule has 0 aliphatic heterocycles. The number of amides is 2. The van der Waals surface area contributed by atoms with Crippen molar-refractivity contribution in [3.8, 4) is 0 Å². The number of carbonyl (C=O) groups excluding carboxylic acids is 2. The molecule has 0 aliphatic rings. The minimum absolute atomic E-state index is 0.0931. The summed E-state index contributed by atoms with van der Waals surface area (Å²) >= 11 is 0. The van der Waals surface area contributed by atoms with Gasteiger partial charge >= 0.3 is 0 Å². The fourth-order valence-corrected chi connectivity index (χ4v) is 6.11. The molecule has 0 heterocycles. The van der Waals surface area contributed by atoms with E-state index in [2.05, 4.69) is 19.2 Å². The van der Waals surface area contributed by atoms with E-state index in [0.717, 1.165) is 33.8 Å². The van der Waals surface area contributed by atoms with Crippen LogP contribution in [-0.4, -0.2) is 44.3 Å². The van der Waals surface area contributed by atoms with Crippen molar-refractivity contribution in [2.75, 3.05) is 17.4 Å². The minimum Gasteiger partial charge on any atom is -0.354 e. The average Bonchev–Trinajstić information content (AvgIpc) is 2.97. The molecular formula is C33H43N3O4S. The monoisotopic (exact) mass is 577 g/mol. The summed E-state index contributed by atoms with van der Waals surface area (Å²) in [7, 11) is -4.08. The first-order valence-corrected chi connectivity index (χ1v) is 15.8. The zero-order chi connectivity index (χ0) is 30.0. The van der Waals surface area contributed by atoms with Crippen molar-refractivity contribution in [3.63, 3.8) is 0 Å². The highest BCUT2D eigenvalue weighted by molar-refractivity contribution is 7.92. The summed E-state index contributed by atoms with van der Waals surface area (Å²) in [4.78, 5) is 29.1. The van der Waals surface area contributed by atoms with Crippen molar-refractivity contribution in [3.05, 3.63) is 95.6 Å². The smallest absolute Gasteiger partial charge is 0.264 e. The lowest BCUT2D eigenvalue weighted by atomic mass is 10.0. The Morgan fingerprint density at radius 2 is 1.51 bits per heavy atom. The lowest BCUT2D eigenvalue weighted by molar-refractivity contribution is -0.140. The molecule has 0 bridgehead atoms. The number of hydrogen-bond donors (Lipinski definition) is 1. The predicted octanol–water partition coefficient (Wildman–Crippen LogP) is 6.04. The van der Waals surface area contributed by atoms with Crippen molar-refractivity contribution in [2.24, 2.45) is 0 Å². The number of sulfonamides is 1. The van der Waals surface area contributed by atoms with Gasteiger partial charge in [0, 0.05) is 13.1 Å². The Labute approximate surface area is 245 Å². The van der Waals surface area contributed by atoms with E-state index in [9.17, 15) is 18.0 Å². The Hall–Kier alpha value is -3.65. The second-order valence-corrected chi connectivity index (χ2v) is 12.5. The Bertz CT molecular complexity index is 1390. The summed E-state index contributed by atoms with van der Waals surface area (Å²) in [6, 6.07) is 22.3. The molecule has 0 unspecified atom stereocenters. The number of benzene rings is 3. The van der Waals surface area contributed by atoms with Gasteiger partial charge in [-0.2, -0.15) is 0 Å². The summed E-state index contributed by atoms with van der Waals surface area (Å²) in [5.41, 5.74) is 3.35. The topological polar surface area (TPSA) is 86.8 Å². The van der Waals surface area contributed by atoms with E-state index >= 15 is 0 Å². The molecule has 7 nitrogen and oxygen atoms in total. The zero-order valence-electron chi connectivity index (χ0n) is 24.8. The third-order valence-corrected chi connectivity index (χ3v) is 9.06. The first-order valence-electron chi connectivity index (χ1n) is 14.4. The molecule has 3 rings (SSSR count). The van der Waals surface area contributed by atoms with Crippen LogP contribution in [0.4, 0.5) is 5.69 Å². The summed E-state index contributed by atoms with van der Waals surface area (Å²) < 4.78 is 29.0. The maximum Gasteiger partial charge on any atom is 0.264 e. The molecule has 1 N–H and O–H groups in total. The van der Waals surface area contributed by atoms with E-state index in [4.69, 9.17) is 0 Å². The van der Waals surface area contributed by atoms with Gasteiger partial charge in [-0.05, 0) is 66.6 Å². The number of nitrogens with zero attached hydrogens (tertiary/aromatic N) is 2. The highest BCUT2D eigenvalue weighted by Gasteiger charge is 2.33. The number of rotatable bonds is 14. The lowest BCUT2D eigenvalue weighted by Crippen LogP contribution is -2.52. The molecule has 3 aromatic carbocycles. The van der Waals surface area contributed by atoms with Crippen LogP contribution in [-0.2, 0) is 26.2 Å². The molecule has 3 aromatic rings. The second-order valence-electron chi connectivity index (χ2n) is 10.6. The summed E-state index contributed by atoms with van der Waals surface area (Å²) in [6.45, 7) is 10.3. The van der Waals surface area contributed by atoms with Crippen LogP contribution in [0, 0.1) is 6.92 Å². The molecule has 0 aromatic heterocycles. The van der Waals surface area contributed by atoms with E-state index in [1.807, 2.05) is 57.2 Å². The van der Waals surface area contributed by atoms with Gasteiger partial charge in [0.15, 0.2) is 0 Å². The van der Waals surface area contributed by atoms with Gasteiger partial charge in [-0.25, -0.2) is 8.42 Å². The lowest BCUT2D eigenvalue weighted by Gasteiger charge is -2.33. The normalized spacial score (nSPS) is 12.1. The van der Waals surface area contributed by atoms with E-state index in [1.54, 1.807) is 30.3 Å². The van der Waals surface area contributed by atoms with Crippen LogP contribution in [0.25, 0.3) is 0 Å². The molecule has 8 heteroatoms. The standard InChI is InChI=1S/C33H43N3O4S/c1-6-8-22-34-33(38)31(7-2)35(23-28-15-13-12-14-26(28)5)32(37)24-36(29-20-18-27(19-21-29)25(3)4)41(39,40)30-16-10-9-11-17-30/h9-21,25,31H,6-8,22-24H2,1-5H3,(H,34,38)/t31-/m0/s1. The first kappa shape index (κ1) is 31.9. The number of aryl methyl sites for hydroxylation is 1. The molecule has 0 saturated heterocycles. The number of unbranched alkanes of at least 4 members (excludes halogenated alkanes) is 1. The highest BCUT2D eigenvalue weighted by atomic mass is 32.2. The van der Waals surface area contributed by atoms with Gasteiger partial charge < -0.3 is 10.2 Å². The summed E-state index contributed by atoms with van der Waals surface area (Å²) in [5, 5.41) is 2.96. The van der Waals surface area contributed by atoms with Crippen LogP contribution in [0.15, 0.2) is 83.8 Å². The fraction of sp³-hybridized carbons (Fsp3) is 0.394. The largest absolute Gasteiger partial charge is 0.354 e. The van der Waals surface area contributed by atoms with Gasteiger partial charge in [-0.15, -0.1) is 0 Å². The van der Waals surface area contributed by atoms with Gasteiger partial charge in [-0.1, -0.05) is 88.7 Å². The molecule has 2 amide bonds. The van der Waals surface area contributed by atoms with Crippen LogP contribution in [0.1, 0.15) is 69.6 Å². The molecule has 1 atom stereocenters. The number of anilines is 1. The van der Waals surface area contributed by atoms with Crippen LogP contribution in [0.3, 0.4) is 0 Å². The summed E-state index contributed by atoms with van der Waals surface area (Å²) in [6.07, 6.45) is 2.16. The van der Waals surface area contributed by atoms with E-state index in [-0.39, 0.29) is 23.3 Å². The second kappa shape index (κ2) is 14.8. The molecule has 0 fully saturated rings. The Kier molecular flexibility index (Phi) is 11.5. The van der Waals surface area contributed by atoms with E-state index in [1.165, 1.54) is 17.0 Å². The molecule has 220 valence electrons. The molecular weight excluding hydrogens is 534 g/mol. The fourth-order valence-electron chi connectivity index (χ4n) is 4.67. The molecule has 0 aliphatic carbocycles. The first-order chi connectivity index (χ1) is 19.6. The minimum atomic E-state index is -4.08. The quantitative estimate of drug-likeness (QED) is 0.237. The highest BCUT2D eigenvalue weighted by Crippen LogP contribution is 2.27. The van der Waals surface area contributed by atoms with Gasteiger partial charge in [0.2, 0.25) is 11.8 Å². The Balaban J connectivity index is 2.05. The number of carbonyl (C=O) groups is 2. The van der Waals surface area contributed by atoms with Crippen molar-refractivity contribution < 1.29 is 18.0 Å². The Morgan fingerprint density at radius 3 is 2.10 bits per heavy atom. The zero-order valence-corrected chi connectivity index (χ0v) is 25.7. The van der Waals surface area contributed by atoms with Gasteiger partial charge in [0.25, 0.3) is 10.0 Å². The van der Waals surface area contributed by atoms with Crippen molar-refractivity contribution >= 4 is 27.5 Å². The van der Waals surface area contributed by atoms with Crippen LogP contribution in [0.2, 0.25) is 0 Å². The predicted molar refractivity (Wildman–Crippen MR) is 165 cm³/mol. The molecule has 41 heavy (non-hydrogen) atoms. The van der Waals surface area contributed by atoms with E-state index in [0.29, 0.717) is 18.7 Å². The maximum absolute atomic E-state index is 14.2.